The fourth-order valence-electron chi connectivity index (χ4n) is 3.69. The number of fused-ring (bicyclic) bond motifs is 1. The zero-order chi connectivity index (χ0) is 20.2. The van der Waals surface area contributed by atoms with Crippen LogP contribution in [0.2, 0.25) is 0 Å². The van der Waals surface area contributed by atoms with E-state index in [2.05, 4.69) is 63.5 Å². The van der Waals surface area contributed by atoms with Gasteiger partial charge in [-0.05, 0) is 47.7 Å². The first-order chi connectivity index (χ1) is 14.2. The van der Waals surface area contributed by atoms with Gasteiger partial charge in [0.15, 0.2) is 11.5 Å². The predicted molar refractivity (Wildman–Crippen MR) is 115 cm³/mol. The molecule has 1 aliphatic rings. The van der Waals surface area contributed by atoms with Crippen molar-refractivity contribution < 1.29 is 9.47 Å². The molecule has 0 spiro atoms. The molecular weight excluding hydrogens is 364 g/mol. The van der Waals surface area contributed by atoms with Crippen molar-refractivity contribution in [2.24, 2.45) is 0 Å². The monoisotopic (exact) mass is 390 g/mol. The Kier molecular flexibility index (Phi) is 5.51. The molecule has 1 aliphatic heterocycles. The van der Waals surface area contributed by atoms with Gasteiger partial charge in [0.25, 0.3) is 0 Å². The Morgan fingerprint density at radius 3 is 2.52 bits per heavy atom. The lowest BCUT2D eigenvalue weighted by Gasteiger charge is -2.30. The molecule has 0 saturated carbocycles. The summed E-state index contributed by atoms with van der Waals surface area (Å²) < 4.78 is 10.9. The van der Waals surface area contributed by atoms with Gasteiger partial charge in [-0.25, -0.2) is 9.97 Å². The van der Waals surface area contributed by atoms with E-state index < -0.39 is 0 Å². The Labute approximate surface area is 171 Å². The maximum absolute atomic E-state index is 5.47. The normalized spacial score (nSPS) is 13.0. The van der Waals surface area contributed by atoms with Crippen LogP contribution in [0.25, 0.3) is 0 Å². The van der Waals surface area contributed by atoms with Crippen LogP contribution >= 0.6 is 0 Å². The molecular formula is C23H26N4O2. The van der Waals surface area contributed by atoms with E-state index in [4.69, 9.17) is 9.47 Å². The van der Waals surface area contributed by atoms with E-state index in [9.17, 15) is 0 Å². The summed E-state index contributed by atoms with van der Waals surface area (Å²) >= 11 is 0. The fourth-order valence-corrected chi connectivity index (χ4v) is 3.69. The van der Waals surface area contributed by atoms with E-state index in [1.54, 1.807) is 20.5 Å². The number of rotatable bonds is 6. The average Bonchev–Trinajstić information content (AvgIpc) is 2.77. The van der Waals surface area contributed by atoms with Crippen LogP contribution in [-0.2, 0) is 19.5 Å². The molecule has 0 atom stereocenters. The molecule has 1 N–H and O–H groups in total. The van der Waals surface area contributed by atoms with Gasteiger partial charge in [0.1, 0.15) is 18.0 Å². The second-order valence-electron chi connectivity index (χ2n) is 7.19. The number of benzene rings is 2. The van der Waals surface area contributed by atoms with Crippen LogP contribution in [0, 0.1) is 6.92 Å². The van der Waals surface area contributed by atoms with E-state index in [1.165, 1.54) is 22.3 Å². The lowest BCUT2D eigenvalue weighted by Crippen LogP contribution is -2.31. The second-order valence-corrected chi connectivity index (χ2v) is 7.19. The summed E-state index contributed by atoms with van der Waals surface area (Å²) in [6.45, 7) is 4.54. The highest BCUT2D eigenvalue weighted by Gasteiger charge is 2.20. The molecule has 4 rings (SSSR count). The predicted octanol–water partition coefficient (Wildman–Crippen LogP) is 3.98. The lowest BCUT2D eigenvalue weighted by molar-refractivity contribution is 0.353. The molecule has 2 aromatic carbocycles. The Balaban J connectivity index is 1.50. The second kappa shape index (κ2) is 8.39. The average molecular weight is 390 g/mol. The van der Waals surface area contributed by atoms with Gasteiger partial charge >= 0.3 is 0 Å². The Bertz CT molecular complexity index is 1010. The Morgan fingerprint density at radius 2 is 1.76 bits per heavy atom. The first kappa shape index (κ1) is 19.1. The van der Waals surface area contributed by atoms with Crippen molar-refractivity contribution in [3.05, 3.63) is 71.0 Å². The summed E-state index contributed by atoms with van der Waals surface area (Å²) in [5, 5.41) is 3.42. The minimum atomic E-state index is 0.739. The van der Waals surface area contributed by atoms with Crippen molar-refractivity contribution in [1.82, 2.24) is 9.97 Å². The topological polar surface area (TPSA) is 59.5 Å². The van der Waals surface area contributed by atoms with Crippen LogP contribution in [0.15, 0.2) is 48.8 Å². The van der Waals surface area contributed by atoms with Gasteiger partial charge in [0.05, 0.1) is 14.2 Å². The summed E-state index contributed by atoms with van der Waals surface area (Å²) in [5.41, 5.74) is 5.07. The highest BCUT2D eigenvalue weighted by Crippen LogP contribution is 2.34. The third-order valence-corrected chi connectivity index (χ3v) is 5.42. The number of aromatic nitrogens is 2. The molecule has 0 saturated heterocycles. The number of methoxy groups -OCH3 is 2. The standard InChI is InChI=1S/C23H26N4O2/c1-16-6-4-5-7-18(16)13-24-22-12-23(26-15-25-22)27-9-8-17-10-20(28-2)21(29-3)11-19(17)14-27/h4-7,10-12,15H,8-9,13-14H2,1-3H3,(H,24,25,26). The molecule has 0 fully saturated rings. The van der Waals surface area contributed by atoms with E-state index in [-0.39, 0.29) is 0 Å². The molecule has 0 amide bonds. The maximum atomic E-state index is 5.47. The van der Waals surface area contributed by atoms with Gasteiger partial charge in [0, 0.05) is 25.7 Å². The van der Waals surface area contributed by atoms with Gasteiger partial charge in [-0.2, -0.15) is 0 Å². The molecule has 29 heavy (non-hydrogen) atoms. The number of anilines is 2. The van der Waals surface area contributed by atoms with E-state index in [1.807, 2.05) is 6.07 Å². The van der Waals surface area contributed by atoms with Crippen molar-refractivity contribution in [2.75, 3.05) is 31.0 Å². The number of hydrogen-bond acceptors (Lipinski definition) is 6. The van der Waals surface area contributed by atoms with Crippen LogP contribution in [0.1, 0.15) is 22.3 Å². The molecule has 6 nitrogen and oxygen atoms in total. The third kappa shape index (κ3) is 4.11. The third-order valence-electron chi connectivity index (χ3n) is 5.42. The molecule has 0 bridgehead atoms. The quantitative estimate of drug-likeness (QED) is 0.687. The largest absolute Gasteiger partial charge is 0.493 e. The number of nitrogens with zero attached hydrogens (tertiary/aromatic N) is 3. The summed E-state index contributed by atoms with van der Waals surface area (Å²) in [6.07, 6.45) is 2.56. The lowest BCUT2D eigenvalue weighted by atomic mass is 9.99. The van der Waals surface area contributed by atoms with Crippen molar-refractivity contribution in [1.29, 1.82) is 0 Å². The van der Waals surface area contributed by atoms with Gasteiger partial charge in [-0.1, -0.05) is 24.3 Å². The number of aryl methyl sites for hydroxylation is 1. The zero-order valence-electron chi connectivity index (χ0n) is 17.1. The Hall–Kier alpha value is -3.28. The van der Waals surface area contributed by atoms with E-state index >= 15 is 0 Å². The molecule has 0 aliphatic carbocycles. The summed E-state index contributed by atoms with van der Waals surface area (Å²) in [4.78, 5) is 11.2. The smallest absolute Gasteiger partial charge is 0.161 e. The van der Waals surface area contributed by atoms with Gasteiger partial charge in [0.2, 0.25) is 0 Å². The first-order valence-corrected chi connectivity index (χ1v) is 9.77. The minimum absolute atomic E-state index is 0.739. The number of nitrogens with one attached hydrogen (secondary N) is 1. The van der Waals surface area contributed by atoms with Crippen LogP contribution in [0.5, 0.6) is 11.5 Å². The highest BCUT2D eigenvalue weighted by atomic mass is 16.5. The zero-order valence-corrected chi connectivity index (χ0v) is 17.1. The van der Waals surface area contributed by atoms with Crippen molar-refractivity contribution in [3.63, 3.8) is 0 Å². The first-order valence-electron chi connectivity index (χ1n) is 9.77. The van der Waals surface area contributed by atoms with Gasteiger partial charge in [-0.3, -0.25) is 0 Å². The van der Waals surface area contributed by atoms with E-state index in [0.29, 0.717) is 0 Å². The number of hydrogen-bond donors (Lipinski definition) is 1. The maximum Gasteiger partial charge on any atom is 0.161 e. The molecule has 2 heterocycles. The molecule has 1 aromatic heterocycles. The highest BCUT2D eigenvalue weighted by molar-refractivity contribution is 5.54. The van der Waals surface area contributed by atoms with Crippen molar-refractivity contribution in [2.45, 2.75) is 26.4 Å². The fraction of sp³-hybridized carbons (Fsp3) is 0.304. The Morgan fingerprint density at radius 1 is 1.00 bits per heavy atom. The molecule has 0 unspecified atom stereocenters. The summed E-state index contributed by atoms with van der Waals surface area (Å²) in [6, 6.07) is 14.5. The molecule has 0 radical (unpaired) electrons. The molecule has 150 valence electrons. The van der Waals surface area contributed by atoms with Crippen LogP contribution in [0.3, 0.4) is 0 Å². The van der Waals surface area contributed by atoms with Gasteiger partial charge in [-0.15, -0.1) is 0 Å². The SMILES string of the molecule is COc1cc2c(cc1OC)CN(c1cc(NCc3ccccc3C)ncn1)CC2. The number of ether oxygens (including phenoxy) is 2. The summed E-state index contributed by atoms with van der Waals surface area (Å²) in [7, 11) is 3.34. The molecule has 3 aromatic rings. The molecule has 6 heteroatoms. The van der Waals surface area contributed by atoms with Crippen LogP contribution in [-0.4, -0.2) is 30.7 Å². The summed E-state index contributed by atoms with van der Waals surface area (Å²) in [5.74, 6) is 3.30. The van der Waals surface area contributed by atoms with Crippen molar-refractivity contribution in [3.8, 4) is 11.5 Å². The van der Waals surface area contributed by atoms with Gasteiger partial charge < -0.3 is 19.7 Å². The minimum Gasteiger partial charge on any atom is -0.493 e. The van der Waals surface area contributed by atoms with Crippen LogP contribution in [0.4, 0.5) is 11.6 Å². The van der Waals surface area contributed by atoms with E-state index in [0.717, 1.165) is 49.2 Å². The van der Waals surface area contributed by atoms with Crippen LogP contribution < -0.4 is 19.7 Å². The van der Waals surface area contributed by atoms with Crippen molar-refractivity contribution >= 4 is 11.6 Å².